The van der Waals surface area contributed by atoms with Gasteiger partial charge in [0.15, 0.2) is 12.2 Å². The predicted molar refractivity (Wildman–Crippen MR) is 168 cm³/mol. The summed E-state index contributed by atoms with van der Waals surface area (Å²) < 4.78 is 10.9. The van der Waals surface area contributed by atoms with Crippen LogP contribution >= 0.6 is 0 Å². The van der Waals surface area contributed by atoms with Crippen molar-refractivity contribution in [3.8, 4) is 0 Å². The van der Waals surface area contributed by atoms with Gasteiger partial charge in [0.2, 0.25) is 0 Å². The van der Waals surface area contributed by atoms with Crippen LogP contribution in [0, 0.1) is 13.8 Å². The first kappa shape index (κ1) is 33.6. The minimum Gasteiger partial charge on any atom is -0.480 e. The number of unbranched alkanes of at least 4 members (excludes halogenated alkanes) is 3. The van der Waals surface area contributed by atoms with Crippen molar-refractivity contribution in [3.05, 3.63) is 77.4 Å². The molecule has 3 aromatic rings. The lowest BCUT2D eigenvalue weighted by Crippen LogP contribution is -2.50. The SMILES string of the molecule is Cc1ccc(NCCCCOC(C(=O)N(C)CCCCCc2ccc3ccccc3c2)C(OCC(=O)O)C(=O)O)cc1C. The van der Waals surface area contributed by atoms with Crippen LogP contribution in [-0.2, 0) is 30.3 Å². The van der Waals surface area contributed by atoms with Gasteiger partial charge in [0.05, 0.1) is 0 Å². The second-order valence-corrected chi connectivity index (χ2v) is 10.9. The molecular weight excluding hydrogens is 548 g/mol. The Morgan fingerprint density at radius 1 is 0.814 bits per heavy atom. The largest absolute Gasteiger partial charge is 0.480 e. The molecular formula is C34H44N2O7. The standard InChI is InChI=1S/C34H44N2O7/c1-24-14-17-29(21-25(24)2)35-18-8-10-20-42-31(32(34(40)41)43-23-30(37)38)33(39)36(3)19-9-4-5-11-26-15-16-27-12-6-7-13-28(27)22-26/h6-7,12-17,21-22,31-32,35H,4-5,8-11,18-20,23H2,1-3H3,(H,37,38)(H,40,41). The summed E-state index contributed by atoms with van der Waals surface area (Å²) in [6.45, 7) is 4.50. The number of carbonyl (C=O) groups excluding carboxylic acids is 1. The van der Waals surface area contributed by atoms with Crippen LogP contribution in [0.2, 0.25) is 0 Å². The number of aliphatic carboxylic acids is 2. The van der Waals surface area contributed by atoms with E-state index in [1.807, 2.05) is 18.2 Å². The molecule has 0 heterocycles. The molecule has 43 heavy (non-hydrogen) atoms. The van der Waals surface area contributed by atoms with E-state index in [4.69, 9.17) is 14.6 Å². The number of likely N-dealkylation sites (N-methyl/N-ethyl adjacent to an activating group) is 1. The maximum atomic E-state index is 13.3. The Bertz CT molecular complexity index is 1360. The van der Waals surface area contributed by atoms with Crippen molar-refractivity contribution in [3.63, 3.8) is 0 Å². The third-order valence-corrected chi connectivity index (χ3v) is 7.50. The molecule has 0 bridgehead atoms. The number of amides is 1. The van der Waals surface area contributed by atoms with E-state index in [-0.39, 0.29) is 6.61 Å². The molecule has 2 atom stereocenters. The number of nitrogens with zero attached hydrogens (tertiary/aromatic N) is 1. The molecule has 0 saturated heterocycles. The number of anilines is 1. The van der Waals surface area contributed by atoms with Gasteiger partial charge in [-0.2, -0.15) is 0 Å². The van der Waals surface area contributed by atoms with Gasteiger partial charge in [0.25, 0.3) is 5.91 Å². The number of fused-ring (bicyclic) bond motifs is 1. The maximum absolute atomic E-state index is 13.3. The number of carboxylic acid groups (broad SMARTS) is 2. The Morgan fingerprint density at radius 3 is 2.30 bits per heavy atom. The second kappa shape index (κ2) is 17.2. The Morgan fingerprint density at radius 2 is 1.58 bits per heavy atom. The summed E-state index contributed by atoms with van der Waals surface area (Å²) in [5.74, 6) is -3.31. The van der Waals surface area contributed by atoms with Crippen LogP contribution in [0.5, 0.6) is 0 Å². The van der Waals surface area contributed by atoms with Crippen molar-refractivity contribution in [1.29, 1.82) is 0 Å². The van der Waals surface area contributed by atoms with Crippen molar-refractivity contribution in [2.75, 3.05) is 38.7 Å². The van der Waals surface area contributed by atoms with Gasteiger partial charge >= 0.3 is 11.9 Å². The first-order valence-corrected chi connectivity index (χ1v) is 14.9. The topological polar surface area (TPSA) is 125 Å². The van der Waals surface area contributed by atoms with E-state index >= 15 is 0 Å². The van der Waals surface area contributed by atoms with Crippen molar-refractivity contribution in [1.82, 2.24) is 4.90 Å². The van der Waals surface area contributed by atoms with Gasteiger partial charge in [0, 0.05) is 32.4 Å². The van der Waals surface area contributed by atoms with E-state index in [2.05, 4.69) is 61.6 Å². The summed E-state index contributed by atoms with van der Waals surface area (Å²) >= 11 is 0. The molecule has 0 radical (unpaired) electrons. The number of nitrogens with one attached hydrogen (secondary N) is 1. The van der Waals surface area contributed by atoms with E-state index in [0.717, 1.165) is 37.8 Å². The minimum absolute atomic E-state index is 0.130. The molecule has 3 aromatic carbocycles. The highest BCUT2D eigenvalue weighted by Crippen LogP contribution is 2.18. The fourth-order valence-corrected chi connectivity index (χ4v) is 4.84. The van der Waals surface area contributed by atoms with E-state index in [1.54, 1.807) is 7.05 Å². The second-order valence-electron chi connectivity index (χ2n) is 10.9. The first-order chi connectivity index (χ1) is 20.7. The van der Waals surface area contributed by atoms with Crippen LogP contribution < -0.4 is 5.32 Å². The van der Waals surface area contributed by atoms with Crippen LogP contribution in [0.25, 0.3) is 10.8 Å². The van der Waals surface area contributed by atoms with Crippen LogP contribution in [0.15, 0.2) is 60.7 Å². The highest BCUT2D eigenvalue weighted by atomic mass is 16.6. The van der Waals surface area contributed by atoms with Crippen LogP contribution in [0.4, 0.5) is 5.69 Å². The zero-order valence-electron chi connectivity index (χ0n) is 25.4. The third-order valence-electron chi connectivity index (χ3n) is 7.50. The number of benzene rings is 3. The van der Waals surface area contributed by atoms with Crippen LogP contribution in [0.1, 0.15) is 48.8 Å². The smallest absolute Gasteiger partial charge is 0.336 e. The quantitative estimate of drug-likeness (QED) is 0.157. The highest BCUT2D eigenvalue weighted by Gasteiger charge is 2.37. The van der Waals surface area contributed by atoms with Gasteiger partial charge in [-0.1, -0.05) is 55.0 Å². The van der Waals surface area contributed by atoms with Crippen molar-refractivity contribution >= 4 is 34.3 Å². The maximum Gasteiger partial charge on any atom is 0.336 e. The monoisotopic (exact) mass is 592 g/mol. The number of hydrogen-bond donors (Lipinski definition) is 3. The van der Waals surface area contributed by atoms with Crippen LogP contribution in [0.3, 0.4) is 0 Å². The fourth-order valence-electron chi connectivity index (χ4n) is 4.84. The van der Waals surface area contributed by atoms with Gasteiger partial charge in [-0.05, 0) is 85.5 Å². The van der Waals surface area contributed by atoms with Gasteiger partial charge < -0.3 is 29.9 Å². The molecule has 9 nitrogen and oxygen atoms in total. The molecule has 0 saturated carbocycles. The number of aryl methyl sites for hydroxylation is 3. The van der Waals surface area contributed by atoms with E-state index < -0.39 is 36.7 Å². The number of hydrogen-bond acceptors (Lipinski definition) is 6. The number of carbonyl (C=O) groups is 3. The molecule has 0 aromatic heterocycles. The molecule has 9 heteroatoms. The summed E-state index contributed by atoms with van der Waals surface area (Å²) in [7, 11) is 1.60. The average Bonchev–Trinajstić information content (AvgIpc) is 2.98. The minimum atomic E-state index is -1.73. The lowest BCUT2D eigenvalue weighted by atomic mass is 10.0. The van der Waals surface area contributed by atoms with Crippen LogP contribution in [-0.4, -0.2) is 78.5 Å². The summed E-state index contributed by atoms with van der Waals surface area (Å²) in [6.07, 6.45) is 1.63. The average molecular weight is 593 g/mol. The van der Waals surface area contributed by atoms with Gasteiger partial charge in [-0.25, -0.2) is 9.59 Å². The van der Waals surface area contributed by atoms with Gasteiger partial charge in [-0.15, -0.1) is 0 Å². The van der Waals surface area contributed by atoms with Gasteiger partial charge in [-0.3, -0.25) is 4.79 Å². The lowest BCUT2D eigenvalue weighted by molar-refractivity contribution is -0.175. The Hall–Kier alpha value is -3.95. The molecule has 0 spiro atoms. The Balaban J connectivity index is 1.48. The zero-order valence-corrected chi connectivity index (χ0v) is 25.4. The van der Waals surface area contributed by atoms with E-state index in [9.17, 15) is 19.5 Å². The van der Waals surface area contributed by atoms with Crippen molar-refractivity contribution in [2.45, 2.75) is 64.6 Å². The molecule has 0 fully saturated rings. The normalized spacial score (nSPS) is 12.5. The summed E-state index contributed by atoms with van der Waals surface area (Å²) in [5.41, 5.74) is 4.70. The number of rotatable bonds is 19. The number of ether oxygens (including phenoxy) is 2. The predicted octanol–water partition coefficient (Wildman–Crippen LogP) is 5.46. The number of carboxylic acids is 2. The lowest BCUT2D eigenvalue weighted by Gasteiger charge is -2.27. The van der Waals surface area contributed by atoms with Crippen molar-refractivity contribution < 1.29 is 34.1 Å². The van der Waals surface area contributed by atoms with E-state index in [1.165, 1.54) is 32.4 Å². The fraction of sp³-hybridized carbons (Fsp3) is 0.441. The molecule has 0 aliphatic rings. The summed E-state index contributed by atoms with van der Waals surface area (Å²) in [4.78, 5) is 37.8. The molecule has 0 aliphatic heterocycles. The molecule has 3 rings (SSSR count). The van der Waals surface area contributed by atoms with E-state index in [0.29, 0.717) is 19.5 Å². The summed E-state index contributed by atoms with van der Waals surface area (Å²) in [5, 5.41) is 24.5. The third kappa shape index (κ3) is 11.0. The Kier molecular flexibility index (Phi) is 13.4. The highest BCUT2D eigenvalue weighted by molar-refractivity contribution is 5.88. The molecule has 1 amide bonds. The molecule has 2 unspecified atom stereocenters. The van der Waals surface area contributed by atoms with Gasteiger partial charge in [0.1, 0.15) is 6.61 Å². The van der Waals surface area contributed by atoms with Crippen molar-refractivity contribution in [2.24, 2.45) is 0 Å². The molecule has 3 N–H and O–H groups in total. The Labute approximate surface area is 253 Å². The molecule has 232 valence electrons. The summed E-state index contributed by atoms with van der Waals surface area (Å²) in [6, 6.07) is 20.9. The zero-order chi connectivity index (χ0) is 31.2. The first-order valence-electron chi connectivity index (χ1n) is 14.9. The molecule has 0 aliphatic carbocycles.